The molecule has 0 saturated carbocycles. The van der Waals surface area contributed by atoms with Crippen molar-refractivity contribution in [2.24, 2.45) is 0 Å². The fraction of sp³-hybridized carbons (Fsp3) is 0.333. The molecule has 76 valence electrons. The SMILES string of the molecule is CO.[NH3+]c1ccccc1C1=CCCC1. The molecular formula is C12H18NO+. The van der Waals surface area contributed by atoms with Crippen molar-refractivity contribution in [3.8, 4) is 0 Å². The van der Waals surface area contributed by atoms with Gasteiger partial charge in [-0.25, -0.2) is 0 Å². The number of hydrogen-bond acceptors (Lipinski definition) is 1. The third kappa shape index (κ3) is 2.44. The minimum absolute atomic E-state index is 1.00. The fourth-order valence-corrected chi connectivity index (χ4v) is 1.75. The number of quaternary nitrogens is 1. The molecule has 0 heterocycles. The van der Waals surface area contributed by atoms with E-state index in [1.54, 1.807) is 0 Å². The van der Waals surface area contributed by atoms with E-state index in [2.05, 4.69) is 30.0 Å². The molecule has 0 radical (unpaired) electrons. The zero-order valence-corrected chi connectivity index (χ0v) is 8.66. The second kappa shape index (κ2) is 5.58. The molecule has 0 aliphatic heterocycles. The summed E-state index contributed by atoms with van der Waals surface area (Å²) < 4.78 is 0. The van der Waals surface area contributed by atoms with Gasteiger partial charge in [-0.2, -0.15) is 0 Å². The van der Waals surface area contributed by atoms with Crippen LogP contribution in [0.2, 0.25) is 0 Å². The molecule has 1 aliphatic carbocycles. The van der Waals surface area contributed by atoms with Crippen molar-refractivity contribution in [1.29, 1.82) is 0 Å². The van der Waals surface area contributed by atoms with E-state index in [0.29, 0.717) is 0 Å². The average molecular weight is 192 g/mol. The predicted molar refractivity (Wildman–Crippen MR) is 59.0 cm³/mol. The van der Waals surface area contributed by atoms with Crippen molar-refractivity contribution < 1.29 is 10.8 Å². The van der Waals surface area contributed by atoms with Crippen LogP contribution in [0.5, 0.6) is 0 Å². The number of rotatable bonds is 1. The average Bonchev–Trinajstić information content (AvgIpc) is 2.75. The first-order valence-electron chi connectivity index (χ1n) is 4.93. The van der Waals surface area contributed by atoms with Gasteiger partial charge in [0.2, 0.25) is 0 Å². The van der Waals surface area contributed by atoms with Crippen LogP contribution in [0.15, 0.2) is 30.3 Å². The molecule has 1 aliphatic rings. The topological polar surface area (TPSA) is 47.9 Å². The maximum Gasteiger partial charge on any atom is 0.135 e. The lowest BCUT2D eigenvalue weighted by Gasteiger charge is -2.01. The molecular weight excluding hydrogens is 174 g/mol. The van der Waals surface area contributed by atoms with Crippen molar-refractivity contribution in [1.82, 2.24) is 0 Å². The summed E-state index contributed by atoms with van der Waals surface area (Å²) in [5, 5.41) is 7.00. The Labute approximate surface area is 85.1 Å². The summed E-state index contributed by atoms with van der Waals surface area (Å²) in [5.74, 6) is 0. The maximum absolute atomic E-state index is 7.00. The zero-order valence-electron chi connectivity index (χ0n) is 8.66. The lowest BCUT2D eigenvalue weighted by Crippen LogP contribution is -2.41. The van der Waals surface area contributed by atoms with Crippen molar-refractivity contribution >= 4 is 11.3 Å². The zero-order chi connectivity index (χ0) is 10.4. The third-order valence-electron chi connectivity index (χ3n) is 2.40. The van der Waals surface area contributed by atoms with Crippen molar-refractivity contribution in [3.63, 3.8) is 0 Å². The van der Waals surface area contributed by atoms with Crippen LogP contribution < -0.4 is 5.73 Å². The first-order chi connectivity index (χ1) is 6.88. The van der Waals surface area contributed by atoms with E-state index in [-0.39, 0.29) is 0 Å². The molecule has 0 atom stereocenters. The fourth-order valence-electron chi connectivity index (χ4n) is 1.75. The number of benzene rings is 1. The highest BCUT2D eigenvalue weighted by molar-refractivity contribution is 5.73. The van der Waals surface area contributed by atoms with Gasteiger partial charge in [0.1, 0.15) is 5.69 Å². The van der Waals surface area contributed by atoms with Gasteiger partial charge in [-0.15, -0.1) is 0 Å². The van der Waals surface area contributed by atoms with Crippen molar-refractivity contribution in [2.75, 3.05) is 7.11 Å². The number of hydrogen-bond donors (Lipinski definition) is 2. The standard InChI is InChI=1S/C11H13N.CH4O/c12-11-8-4-3-7-10(11)9-5-1-2-6-9;1-2/h3-5,7-8H,1-2,6,12H2;2H,1H3/p+1. The Morgan fingerprint density at radius 1 is 1.21 bits per heavy atom. The summed E-state index contributed by atoms with van der Waals surface area (Å²) >= 11 is 0. The normalized spacial score (nSPS) is 14.4. The molecule has 0 fully saturated rings. The Balaban J connectivity index is 0.000000461. The van der Waals surface area contributed by atoms with Gasteiger partial charge in [0.05, 0.1) is 0 Å². The molecule has 0 amide bonds. The van der Waals surface area contributed by atoms with E-state index in [1.807, 2.05) is 6.07 Å². The Kier molecular flexibility index (Phi) is 4.36. The van der Waals surface area contributed by atoms with Crippen LogP contribution in [0.4, 0.5) is 5.69 Å². The van der Waals surface area contributed by atoms with E-state index in [0.717, 1.165) is 12.8 Å². The van der Waals surface area contributed by atoms with E-state index < -0.39 is 0 Å². The van der Waals surface area contributed by atoms with Gasteiger partial charge >= 0.3 is 0 Å². The highest BCUT2D eigenvalue weighted by atomic mass is 16.2. The Bertz CT molecular complexity index is 318. The summed E-state index contributed by atoms with van der Waals surface area (Å²) in [6, 6.07) is 8.37. The van der Waals surface area contributed by atoms with Gasteiger partial charge in [0.15, 0.2) is 0 Å². The summed E-state index contributed by atoms with van der Waals surface area (Å²) in [7, 11) is 1.00. The second-order valence-electron chi connectivity index (χ2n) is 3.28. The van der Waals surface area contributed by atoms with Gasteiger partial charge in [0, 0.05) is 12.7 Å². The van der Waals surface area contributed by atoms with Crippen LogP contribution in [-0.4, -0.2) is 12.2 Å². The smallest absolute Gasteiger partial charge is 0.135 e. The molecule has 2 heteroatoms. The number of aliphatic hydroxyl groups excluding tert-OH is 1. The predicted octanol–water partition coefficient (Wildman–Crippen LogP) is 1.74. The highest BCUT2D eigenvalue weighted by Crippen LogP contribution is 2.29. The van der Waals surface area contributed by atoms with Gasteiger partial charge in [-0.3, -0.25) is 0 Å². The number of allylic oxidation sites excluding steroid dienone is 2. The molecule has 14 heavy (non-hydrogen) atoms. The molecule has 0 saturated heterocycles. The summed E-state index contributed by atoms with van der Waals surface area (Å²) in [6.45, 7) is 0. The lowest BCUT2D eigenvalue weighted by molar-refractivity contribution is -0.255. The van der Waals surface area contributed by atoms with E-state index in [1.165, 1.54) is 30.4 Å². The molecule has 0 aromatic heterocycles. The van der Waals surface area contributed by atoms with Gasteiger partial charge in [-0.1, -0.05) is 18.2 Å². The monoisotopic (exact) mass is 192 g/mol. The van der Waals surface area contributed by atoms with Crippen LogP contribution in [0.25, 0.3) is 5.57 Å². The first kappa shape index (κ1) is 11.0. The summed E-state index contributed by atoms with van der Waals surface area (Å²) in [5.41, 5.74) is 8.01. The van der Waals surface area contributed by atoms with Crippen LogP contribution in [0.3, 0.4) is 0 Å². The Hall–Kier alpha value is -1.12. The summed E-state index contributed by atoms with van der Waals surface area (Å²) in [6.07, 6.45) is 6.11. The third-order valence-corrected chi connectivity index (χ3v) is 2.40. The van der Waals surface area contributed by atoms with Gasteiger partial charge in [0.25, 0.3) is 0 Å². The van der Waals surface area contributed by atoms with E-state index >= 15 is 0 Å². The van der Waals surface area contributed by atoms with Crippen molar-refractivity contribution in [3.05, 3.63) is 35.9 Å². The minimum atomic E-state index is 1.00. The van der Waals surface area contributed by atoms with E-state index in [4.69, 9.17) is 5.11 Å². The molecule has 2 rings (SSSR count). The van der Waals surface area contributed by atoms with Gasteiger partial charge in [-0.05, 0) is 37.0 Å². The highest BCUT2D eigenvalue weighted by Gasteiger charge is 2.10. The minimum Gasteiger partial charge on any atom is -0.400 e. The van der Waals surface area contributed by atoms with Crippen LogP contribution in [0, 0.1) is 0 Å². The second-order valence-corrected chi connectivity index (χ2v) is 3.28. The molecule has 2 nitrogen and oxygen atoms in total. The Morgan fingerprint density at radius 2 is 1.93 bits per heavy atom. The molecule has 0 unspecified atom stereocenters. The van der Waals surface area contributed by atoms with Crippen molar-refractivity contribution in [2.45, 2.75) is 19.3 Å². The maximum atomic E-state index is 7.00. The Morgan fingerprint density at radius 3 is 2.50 bits per heavy atom. The molecule has 0 bridgehead atoms. The van der Waals surface area contributed by atoms with Crippen LogP contribution in [0.1, 0.15) is 24.8 Å². The lowest BCUT2D eigenvalue weighted by atomic mass is 10.0. The number of aliphatic hydroxyl groups is 1. The molecule has 1 aromatic rings. The largest absolute Gasteiger partial charge is 0.400 e. The quantitative estimate of drug-likeness (QED) is 0.699. The summed E-state index contributed by atoms with van der Waals surface area (Å²) in [4.78, 5) is 0. The van der Waals surface area contributed by atoms with E-state index in [9.17, 15) is 0 Å². The first-order valence-corrected chi connectivity index (χ1v) is 4.93. The van der Waals surface area contributed by atoms with Crippen LogP contribution in [-0.2, 0) is 0 Å². The van der Waals surface area contributed by atoms with Gasteiger partial charge < -0.3 is 10.8 Å². The van der Waals surface area contributed by atoms with Crippen LogP contribution >= 0.6 is 0 Å². The molecule has 4 N–H and O–H groups in total. The molecule has 0 spiro atoms. The molecule has 1 aromatic carbocycles.